The van der Waals surface area contributed by atoms with E-state index in [4.69, 9.17) is 5.11 Å². The van der Waals surface area contributed by atoms with E-state index in [0.29, 0.717) is 12.1 Å². The van der Waals surface area contributed by atoms with E-state index in [2.05, 4.69) is 17.4 Å². The highest BCUT2D eigenvalue weighted by molar-refractivity contribution is 5.89. The number of carbonyl (C=O) groups is 1. The van der Waals surface area contributed by atoms with E-state index in [0.717, 1.165) is 18.5 Å². The summed E-state index contributed by atoms with van der Waals surface area (Å²) in [7, 11) is 0. The molecule has 0 saturated heterocycles. The highest BCUT2D eigenvalue weighted by Gasteiger charge is 2.07. The second-order valence-corrected chi connectivity index (χ2v) is 4.37. The molecule has 106 valence electrons. The van der Waals surface area contributed by atoms with Crippen LogP contribution in [0.2, 0.25) is 0 Å². The molecule has 0 aliphatic rings. The van der Waals surface area contributed by atoms with E-state index in [1.54, 1.807) is 12.1 Å². The van der Waals surface area contributed by atoms with E-state index in [1.807, 2.05) is 30.3 Å². The molecule has 0 radical (unpaired) electrons. The molecule has 4 heteroatoms. The van der Waals surface area contributed by atoms with Crippen LogP contribution in [0.1, 0.15) is 21.5 Å². The number of hydrogen-bond donors (Lipinski definition) is 2. The molecule has 0 atom stereocenters. The topological polar surface area (TPSA) is 49.3 Å². The quantitative estimate of drug-likeness (QED) is 0.804. The van der Waals surface area contributed by atoms with Crippen LogP contribution in [0.4, 0.5) is 0 Å². The molecule has 0 fully saturated rings. The number of halogens is 1. The largest absolute Gasteiger partial charge is 0.478 e. The summed E-state index contributed by atoms with van der Waals surface area (Å²) in [5.74, 6) is -0.875. The van der Waals surface area contributed by atoms with Gasteiger partial charge in [-0.3, -0.25) is 0 Å². The molecule has 2 aromatic rings. The Morgan fingerprint density at radius 2 is 1.65 bits per heavy atom. The molecule has 0 spiro atoms. The summed E-state index contributed by atoms with van der Waals surface area (Å²) < 4.78 is 0. The van der Waals surface area contributed by atoms with Crippen LogP contribution in [0.15, 0.2) is 54.6 Å². The van der Waals surface area contributed by atoms with Crippen molar-refractivity contribution in [3.63, 3.8) is 0 Å². The first-order valence-corrected chi connectivity index (χ1v) is 6.33. The van der Waals surface area contributed by atoms with Crippen molar-refractivity contribution in [2.45, 2.75) is 13.0 Å². The lowest BCUT2D eigenvalue weighted by Gasteiger charge is -2.07. The molecule has 20 heavy (non-hydrogen) atoms. The van der Waals surface area contributed by atoms with Crippen LogP contribution in [-0.4, -0.2) is 17.6 Å². The van der Waals surface area contributed by atoms with Crippen LogP contribution >= 0.6 is 12.4 Å². The Balaban J connectivity index is 0.00000200. The predicted octanol–water partition coefficient (Wildman–Crippen LogP) is 3.14. The van der Waals surface area contributed by atoms with Gasteiger partial charge < -0.3 is 10.4 Å². The van der Waals surface area contributed by atoms with Crippen LogP contribution in [0.3, 0.4) is 0 Å². The Bertz CT molecular complexity index is 543. The van der Waals surface area contributed by atoms with Crippen molar-refractivity contribution in [2.24, 2.45) is 0 Å². The molecule has 2 rings (SSSR count). The van der Waals surface area contributed by atoms with Gasteiger partial charge in [-0.1, -0.05) is 48.5 Å². The van der Waals surface area contributed by atoms with Gasteiger partial charge in [0.1, 0.15) is 0 Å². The number of carboxylic acids is 1. The normalized spacial score (nSPS) is 9.80. The third-order valence-corrected chi connectivity index (χ3v) is 3.00. The first-order valence-electron chi connectivity index (χ1n) is 6.33. The van der Waals surface area contributed by atoms with Crippen LogP contribution in [0.25, 0.3) is 0 Å². The number of nitrogens with one attached hydrogen (secondary N) is 1. The van der Waals surface area contributed by atoms with E-state index in [-0.39, 0.29) is 12.4 Å². The number of benzene rings is 2. The lowest BCUT2D eigenvalue weighted by molar-refractivity contribution is 0.0695. The smallest absolute Gasteiger partial charge is 0.336 e. The van der Waals surface area contributed by atoms with Crippen molar-refractivity contribution in [1.29, 1.82) is 0 Å². The fourth-order valence-corrected chi connectivity index (χ4v) is 1.98. The summed E-state index contributed by atoms with van der Waals surface area (Å²) in [6.45, 7) is 1.41. The molecule has 0 amide bonds. The summed E-state index contributed by atoms with van der Waals surface area (Å²) in [6.07, 6.45) is 0.941. The first-order chi connectivity index (χ1) is 9.27. The maximum absolute atomic E-state index is 11.0. The third-order valence-electron chi connectivity index (χ3n) is 3.00. The van der Waals surface area contributed by atoms with Crippen molar-refractivity contribution in [1.82, 2.24) is 5.32 Å². The molecule has 0 bridgehead atoms. The highest BCUT2D eigenvalue weighted by atomic mass is 35.5. The van der Waals surface area contributed by atoms with Gasteiger partial charge in [-0.2, -0.15) is 0 Å². The van der Waals surface area contributed by atoms with Gasteiger partial charge >= 0.3 is 5.97 Å². The fourth-order valence-electron chi connectivity index (χ4n) is 1.98. The van der Waals surface area contributed by atoms with E-state index >= 15 is 0 Å². The fraction of sp³-hybridized carbons (Fsp3) is 0.188. The third kappa shape index (κ3) is 4.68. The number of carboxylic acid groups (broad SMARTS) is 1. The number of hydrogen-bond acceptors (Lipinski definition) is 2. The van der Waals surface area contributed by atoms with E-state index < -0.39 is 5.97 Å². The Labute approximate surface area is 125 Å². The maximum atomic E-state index is 11.0. The average Bonchev–Trinajstić information content (AvgIpc) is 2.45. The minimum absolute atomic E-state index is 0. The maximum Gasteiger partial charge on any atom is 0.336 e. The SMILES string of the molecule is Cl.O=C(O)c1ccccc1CNCCc1ccccc1. The minimum atomic E-state index is -0.875. The van der Waals surface area contributed by atoms with Gasteiger partial charge in [-0.05, 0) is 30.2 Å². The van der Waals surface area contributed by atoms with Gasteiger partial charge in [-0.15, -0.1) is 12.4 Å². The minimum Gasteiger partial charge on any atom is -0.478 e. The molecule has 0 aliphatic heterocycles. The molecule has 2 N–H and O–H groups in total. The zero-order valence-electron chi connectivity index (χ0n) is 11.1. The summed E-state index contributed by atoms with van der Waals surface area (Å²) >= 11 is 0. The predicted molar refractivity (Wildman–Crippen MR) is 82.5 cm³/mol. The second kappa shape index (κ2) is 8.35. The van der Waals surface area contributed by atoms with Crippen LogP contribution in [0, 0.1) is 0 Å². The highest BCUT2D eigenvalue weighted by Crippen LogP contribution is 2.08. The lowest BCUT2D eigenvalue weighted by Crippen LogP contribution is -2.18. The summed E-state index contributed by atoms with van der Waals surface area (Å²) in [5, 5.41) is 12.4. The molecule has 0 saturated carbocycles. The standard InChI is InChI=1S/C16H17NO2.ClH/c18-16(19)15-9-5-4-8-14(15)12-17-11-10-13-6-2-1-3-7-13;/h1-9,17H,10-12H2,(H,18,19);1H. The Morgan fingerprint density at radius 1 is 1.00 bits per heavy atom. The van der Waals surface area contributed by atoms with Gasteiger partial charge in [0.15, 0.2) is 0 Å². The Kier molecular flexibility index (Phi) is 6.77. The second-order valence-electron chi connectivity index (χ2n) is 4.37. The monoisotopic (exact) mass is 291 g/mol. The molecule has 3 nitrogen and oxygen atoms in total. The Hall–Kier alpha value is -1.84. The molecular formula is C16H18ClNO2. The summed E-state index contributed by atoms with van der Waals surface area (Å²) in [5.41, 5.74) is 2.47. The van der Waals surface area contributed by atoms with Crippen molar-refractivity contribution in [2.75, 3.05) is 6.54 Å². The van der Waals surface area contributed by atoms with E-state index in [9.17, 15) is 4.79 Å². The molecule has 0 aromatic heterocycles. The average molecular weight is 292 g/mol. The van der Waals surface area contributed by atoms with Crippen molar-refractivity contribution < 1.29 is 9.90 Å². The van der Waals surface area contributed by atoms with Crippen LogP contribution in [0.5, 0.6) is 0 Å². The molecule has 0 aliphatic carbocycles. The zero-order valence-corrected chi connectivity index (χ0v) is 11.9. The molecule has 0 heterocycles. The van der Waals surface area contributed by atoms with Gasteiger partial charge in [0.2, 0.25) is 0 Å². The lowest BCUT2D eigenvalue weighted by atomic mass is 10.1. The van der Waals surface area contributed by atoms with Crippen molar-refractivity contribution in [3.05, 3.63) is 71.3 Å². The molecular weight excluding hydrogens is 274 g/mol. The van der Waals surface area contributed by atoms with Gasteiger partial charge in [0, 0.05) is 6.54 Å². The van der Waals surface area contributed by atoms with Crippen LogP contribution < -0.4 is 5.32 Å². The molecule has 2 aromatic carbocycles. The van der Waals surface area contributed by atoms with Gasteiger partial charge in [0.05, 0.1) is 5.56 Å². The zero-order chi connectivity index (χ0) is 13.5. The number of rotatable bonds is 6. The van der Waals surface area contributed by atoms with Crippen molar-refractivity contribution >= 4 is 18.4 Å². The van der Waals surface area contributed by atoms with E-state index in [1.165, 1.54) is 5.56 Å². The van der Waals surface area contributed by atoms with Crippen molar-refractivity contribution in [3.8, 4) is 0 Å². The van der Waals surface area contributed by atoms with Gasteiger partial charge in [-0.25, -0.2) is 4.79 Å². The summed E-state index contributed by atoms with van der Waals surface area (Å²) in [4.78, 5) is 11.0. The first kappa shape index (κ1) is 16.2. The molecule has 0 unspecified atom stereocenters. The summed E-state index contributed by atoms with van der Waals surface area (Å²) in [6, 6.07) is 17.3. The number of aromatic carboxylic acids is 1. The van der Waals surface area contributed by atoms with Crippen LogP contribution in [-0.2, 0) is 13.0 Å². The van der Waals surface area contributed by atoms with Gasteiger partial charge in [0.25, 0.3) is 0 Å². The Morgan fingerprint density at radius 3 is 2.35 bits per heavy atom.